The van der Waals surface area contributed by atoms with E-state index in [-0.39, 0.29) is 11.7 Å². The number of hydrogen-bond donors (Lipinski definition) is 0. The van der Waals surface area contributed by atoms with E-state index >= 15 is 0 Å². The minimum Gasteiger partial charge on any atom is -0.379 e. The molecule has 0 radical (unpaired) electrons. The third kappa shape index (κ3) is 2.01. The molecule has 0 bridgehead atoms. The number of ether oxygens (including phenoxy) is 1. The second-order valence-corrected chi connectivity index (χ2v) is 6.65. The van der Waals surface area contributed by atoms with Gasteiger partial charge in [-0.2, -0.15) is 0 Å². The maximum atomic E-state index is 12.7. The highest BCUT2D eigenvalue weighted by Gasteiger charge is 2.23. The molecule has 3 heterocycles. The number of halogens is 1. The Morgan fingerprint density at radius 1 is 1.41 bits per heavy atom. The molecule has 1 fully saturated rings. The standard InChI is InChI=1S/C16H16BrN3O2/c1-19-14-8-18-13-5-4-10(17)7-12(13)15(14)20(16(19)21)11-3-2-6-22-9-11/h4-5,7-8,11H,2-3,6,9H2,1H3. The molecule has 1 aliphatic rings. The Labute approximate surface area is 135 Å². The van der Waals surface area contributed by atoms with Crippen molar-refractivity contribution in [3.63, 3.8) is 0 Å². The molecule has 2 aromatic heterocycles. The summed E-state index contributed by atoms with van der Waals surface area (Å²) < 4.78 is 10.1. The zero-order valence-electron chi connectivity index (χ0n) is 12.3. The summed E-state index contributed by atoms with van der Waals surface area (Å²) in [5.74, 6) is 0. The maximum Gasteiger partial charge on any atom is 0.329 e. The van der Waals surface area contributed by atoms with Crippen molar-refractivity contribution in [2.75, 3.05) is 13.2 Å². The topological polar surface area (TPSA) is 49.0 Å². The van der Waals surface area contributed by atoms with Crippen LogP contribution in [-0.4, -0.2) is 27.3 Å². The molecule has 0 N–H and O–H groups in total. The summed E-state index contributed by atoms with van der Waals surface area (Å²) in [6.45, 7) is 1.38. The van der Waals surface area contributed by atoms with Crippen molar-refractivity contribution in [3.8, 4) is 0 Å². The van der Waals surface area contributed by atoms with Crippen molar-refractivity contribution in [2.45, 2.75) is 18.9 Å². The molecule has 5 nitrogen and oxygen atoms in total. The molecule has 22 heavy (non-hydrogen) atoms. The average Bonchev–Trinajstić information content (AvgIpc) is 2.80. The molecule has 0 spiro atoms. The van der Waals surface area contributed by atoms with Gasteiger partial charge in [0.2, 0.25) is 0 Å². The first-order valence-electron chi connectivity index (χ1n) is 7.40. The highest BCUT2D eigenvalue weighted by molar-refractivity contribution is 9.10. The zero-order valence-corrected chi connectivity index (χ0v) is 13.8. The van der Waals surface area contributed by atoms with Crippen LogP contribution in [0.25, 0.3) is 21.9 Å². The highest BCUT2D eigenvalue weighted by atomic mass is 79.9. The van der Waals surface area contributed by atoms with E-state index < -0.39 is 0 Å². The van der Waals surface area contributed by atoms with Crippen LogP contribution >= 0.6 is 15.9 Å². The van der Waals surface area contributed by atoms with E-state index in [0.717, 1.165) is 45.9 Å². The van der Waals surface area contributed by atoms with Gasteiger partial charge < -0.3 is 4.74 Å². The highest BCUT2D eigenvalue weighted by Crippen LogP contribution is 2.29. The number of rotatable bonds is 1. The monoisotopic (exact) mass is 361 g/mol. The lowest BCUT2D eigenvalue weighted by molar-refractivity contribution is 0.0593. The van der Waals surface area contributed by atoms with Crippen LogP contribution in [0.1, 0.15) is 18.9 Å². The van der Waals surface area contributed by atoms with E-state index in [2.05, 4.69) is 20.9 Å². The lowest BCUT2D eigenvalue weighted by Crippen LogP contribution is -2.31. The van der Waals surface area contributed by atoms with E-state index in [4.69, 9.17) is 4.74 Å². The molecule has 1 atom stereocenters. The fourth-order valence-corrected chi connectivity index (χ4v) is 3.63. The molecule has 114 valence electrons. The number of imidazole rings is 1. The van der Waals surface area contributed by atoms with E-state index in [0.29, 0.717) is 6.61 Å². The molecule has 1 saturated heterocycles. The zero-order chi connectivity index (χ0) is 15.3. The van der Waals surface area contributed by atoms with Crippen LogP contribution in [0, 0.1) is 0 Å². The summed E-state index contributed by atoms with van der Waals surface area (Å²) in [6, 6.07) is 6.06. The number of pyridine rings is 1. The predicted octanol–water partition coefficient (Wildman–Crippen LogP) is 3.00. The maximum absolute atomic E-state index is 12.7. The number of fused-ring (bicyclic) bond motifs is 3. The summed E-state index contributed by atoms with van der Waals surface area (Å²) in [4.78, 5) is 17.2. The minimum absolute atomic E-state index is 0.000208. The van der Waals surface area contributed by atoms with Gasteiger partial charge in [-0.1, -0.05) is 15.9 Å². The van der Waals surface area contributed by atoms with E-state index in [9.17, 15) is 4.79 Å². The molecule has 0 saturated carbocycles. The normalized spacial score (nSPS) is 19.1. The lowest BCUT2D eigenvalue weighted by Gasteiger charge is -2.23. The van der Waals surface area contributed by atoms with Gasteiger partial charge in [0.1, 0.15) is 0 Å². The molecule has 6 heteroatoms. The number of aromatic nitrogens is 3. The van der Waals surface area contributed by atoms with Crippen molar-refractivity contribution in [2.24, 2.45) is 7.05 Å². The molecular formula is C16H16BrN3O2. The summed E-state index contributed by atoms with van der Waals surface area (Å²) in [6.07, 6.45) is 3.74. The van der Waals surface area contributed by atoms with Crippen LogP contribution < -0.4 is 5.69 Å². The van der Waals surface area contributed by atoms with Gasteiger partial charge >= 0.3 is 5.69 Å². The third-order valence-electron chi connectivity index (χ3n) is 4.38. The molecule has 0 aliphatic carbocycles. The van der Waals surface area contributed by atoms with Crippen molar-refractivity contribution >= 4 is 37.9 Å². The van der Waals surface area contributed by atoms with Crippen molar-refractivity contribution in [1.29, 1.82) is 0 Å². The molecule has 1 aliphatic heterocycles. The van der Waals surface area contributed by atoms with Gasteiger partial charge in [-0.15, -0.1) is 0 Å². The average molecular weight is 362 g/mol. The van der Waals surface area contributed by atoms with Crippen molar-refractivity contribution in [3.05, 3.63) is 39.4 Å². The van der Waals surface area contributed by atoms with Crippen molar-refractivity contribution < 1.29 is 4.74 Å². The van der Waals surface area contributed by atoms with E-state index in [1.165, 1.54) is 0 Å². The van der Waals surface area contributed by atoms with Gasteiger partial charge in [0.15, 0.2) is 0 Å². The number of nitrogens with zero attached hydrogens (tertiary/aromatic N) is 3. The first kappa shape index (κ1) is 14.0. The second-order valence-electron chi connectivity index (χ2n) is 5.74. The van der Waals surface area contributed by atoms with Gasteiger partial charge in [-0.05, 0) is 31.0 Å². The molecule has 0 amide bonds. The van der Waals surface area contributed by atoms with E-state index in [1.807, 2.05) is 22.8 Å². The van der Waals surface area contributed by atoms with Gasteiger partial charge in [0.05, 0.1) is 35.4 Å². The quantitative estimate of drug-likeness (QED) is 0.669. The first-order chi connectivity index (χ1) is 10.7. The van der Waals surface area contributed by atoms with Gasteiger partial charge in [0.25, 0.3) is 0 Å². The SMILES string of the molecule is Cn1c(=O)n(C2CCCOC2)c2c3cc(Br)ccc3ncc21. The lowest BCUT2D eigenvalue weighted by atomic mass is 10.1. The Morgan fingerprint density at radius 2 is 2.27 bits per heavy atom. The number of aryl methyl sites for hydroxylation is 1. The number of hydrogen-bond acceptors (Lipinski definition) is 3. The second kappa shape index (κ2) is 5.21. The minimum atomic E-state index is -0.000208. The Balaban J connectivity index is 2.11. The third-order valence-corrected chi connectivity index (χ3v) is 4.87. The summed E-state index contributed by atoms with van der Waals surface area (Å²) in [7, 11) is 1.80. The Kier molecular flexibility index (Phi) is 3.31. The van der Waals surface area contributed by atoms with Crippen LogP contribution in [0.5, 0.6) is 0 Å². The van der Waals surface area contributed by atoms with Crippen LogP contribution in [0.15, 0.2) is 33.7 Å². The van der Waals surface area contributed by atoms with Gasteiger partial charge in [0, 0.05) is 23.5 Å². The summed E-state index contributed by atoms with van der Waals surface area (Å²) in [5.41, 5.74) is 2.71. The largest absolute Gasteiger partial charge is 0.379 e. The molecule has 3 aromatic rings. The number of benzene rings is 1. The van der Waals surface area contributed by atoms with Crippen LogP contribution in [0.2, 0.25) is 0 Å². The molecular weight excluding hydrogens is 346 g/mol. The van der Waals surface area contributed by atoms with E-state index in [1.54, 1.807) is 17.8 Å². The fourth-order valence-electron chi connectivity index (χ4n) is 3.27. The van der Waals surface area contributed by atoms with Crippen LogP contribution in [0.4, 0.5) is 0 Å². The van der Waals surface area contributed by atoms with Crippen molar-refractivity contribution in [1.82, 2.24) is 14.1 Å². The van der Waals surface area contributed by atoms with Gasteiger partial charge in [-0.25, -0.2) is 4.79 Å². The smallest absolute Gasteiger partial charge is 0.329 e. The Hall–Kier alpha value is -1.66. The van der Waals surface area contributed by atoms with Crippen LogP contribution in [-0.2, 0) is 11.8 Å². The Bertz CT molecular complexity index is 922. The predicted molar refractivity (Wildman–Crippen MR) is 89.3 cm³/mol. The first-order valence-corrected chi connectivity index (χ1v) is 8.19. The Morgan fingerprint density at radius 3 is 3.05 bits per heavy atom. The summed E-state index contributed by atoms with van der Waals surface area (Å²) in [5, 5.41) is 0.996. The molecule has 1 aromatic carbocycles. The fraction of sp³-hybridized carbons (Fsp3) is 0.375. The van der Waals surface area contributed by atoms with Gasteiger partial charge in [-0.3, -0.25) is 14.1 Å². The van der Waals surface area contributed by atoms with Crippen LogP contribution in [0.3, 0.4) is 0 Å². The molecule has 4 rings (SSSR count). The molecule has 1 unspecified atom stereocenters. The summed E-state index contributed by atoms with van der Waals surface area (Å²) >= 11 is 3.52.